The summed E-state index contributed by atoms with van der Waals surface area (Å²) < 4.78 is 21.4. The fraction of sp³-hybridized carbons (Fsp3) is 0.176. The lowest BCUT2D eigenvalue weighted by atomic mass is 10.1. The molecular weight excluding hydrogens is 542 g/mol. The van der Waals surface area contributed by atoms with E-state index in [0.717, 1.165) is 51.3 Å². The van der Waals surface area contributed by atoms with Gasteiger partial charge < -0.3 is 34.5 Å². The van der Waals surface area contributed by atoms with Gasteiger partial charge in [-0.1, -0.05) is 24.3 Å². The van der Waals surface area contributed by atoms with Crippen molar-refractivity contribution in [1.82, 2.24) is 9.97 Å². The molecule has 0 bridgehead atoms. The molecule has 2 N–H and O–H groups in total. The molecule has 5 aromatic rings. The third-order valence-electron chi connectivity index (χ3n) is 6.81. The molecule has 220 valence electrons. The molecule has 0 aliphatic carbocycles. The molecule has 0 aliphatic rings. The van der Waals surface area contributed by atoms with Crippen molar-refractivity contribution >= 4 is 29.0 Å². The van der Waals surface area contributed by atoms with Crippen molar-refractivity contribution in [3.63, 3.8) is 0 Å². The number of anilines is 5. The first-order valence-electron chi connectivity index (χ1n) is 13.8. The van der Waals surface area contributed by atoms with Crippen LogP contribution >= 0.6 is 0 Å². The van der Waals surface area contributed by atoms with E-state index in [-0.39, 0.29) is 0 Å². The van der Waals surface area contributed by atoms with Gasteiger partial charge in [0, 0.05) is 30.5 Å². The number of rotatable bonds is 13. The van der Waals surface area contributed by atoms with Crippen molar-refractivity contribution in [1.29, 1.82) is 0 Å². The van der Waals surface area contributed by atoms with Crippen molar-refractivity contribution in [2.24, 2.45) is 0 Å². The minimum atomic E-state index is 0.452. The normalized spacial score (nSPS) is 10.5. The molecule has 0 atom stereocenters. The van der Waals surface area contributed by atoms with Crippen LogP contribution in [0.25, 0.3) is 0 Å². The number of hydrogen-bond donors (Lipinski definition) is 2. The zero-order chi connectivity index (χ0) is 30.0. The van der Waals surface area contributed by atoms with Crippen LogP contribution in [-0.4, -0.2) is 38.4 Å². The van der Waals surface area contributed by atoms with E-state index in [2.05, 4.69) is 39.8 Å². The summed E-state index contributed by atoms with van der Waals surface area (Å²) in [7, 11) is 6.63. The van der Waals surface area contributed by atoms with Crippen LogP contribution in [0.5, 0.6) is 23.0 Å². The van der Waals surface area contributed by atoms with Crippen LogP contribution in [0.4, 0.5) is 29.0 Å². The van der Waals surface area contributed by atoms with Crippen LogP contribution in [0.1, 0.15) is 11.1 Å². The Morgan fingerprint density at radius 1 is 0.512 bits per heavy atom. The highest BCUT2D eigenvalue weighted by Crippen LogP contribution is 2.28. The van der Waals surface area contributed by atoms with E-state index in [4.69, 9.17) is 28.9 Å². The van der Waals surface area contributed by atoms with Crippen LogP contribution in [0.2, 0.25) is 0 Å². The molecule has 0 saturated heterocycles. The Morgan fingerprint density at radius 2 is 0.907 bits per heavy atom. The first-order chi connectivity index (χ1) is 21.0. The van der Waals surface area contributed by atoms with E-state index in [1.807, 2.05) is 78.9 Å². The average Bonchev–Trinajstić information content (AvgIpc) is 3.05. The third-order valence-corrected chi connectivity index (χ3v) is 6.81. The van der Waals surface area contributed by atoms with Crippen molar-refractivity contribution in [2.45, 2.75) is 13.1 Å². The maximum Gasteiger partial charge on any atom is 0.231 e. The van der Waals surface area contributed by atoms with Crippen molar-refractivity contribution in [3.8, 4) is 23.0 Å². The first kappa shape index (κ1) is 29.1. The van der Waals surface area contributed by atoms with Crippen LogP contribution in [-0.2, 0) is 13.1 Å². The SMILES string of the molecule is COc1ccc(CN(Cc2ccc(OC)cc2)c2cc(Nc3ccc(OC)cc3)nc(Nc3ccc(OC)cc3)n2)cc1. The lowest BCUT2D eigenvalue weighted by Crippen LogP contribution is -2.24. The minimum absolute atomic E-state index is 0.452. The largest absolute Gasteiger partial charge is 0.497 e. The zero-order valence-electron chi connectivity index (χ0n) is 24.7. The Hall–Kier alpha value is -5.44. The summed E-state index contributed by atoms with van der Waals surface area (Å²) in [5.41, 5.74) is 3.94. The molecule has 9 heteroatoms. The standard InChI is InChI=1S/C34H35N5O4/c1-40-28-13-5-24(6-14-28)22-39(23-25-7-15-29(41-2)16-8-25)33-21-32(35-26-9-17-30(42-3)18-10-26)37-34(38-33)36-27-11-19-31(43-4)20-12-27/h5-21H,22-23H2,1-4H3,(H2,35,36,37,38). The van der Waals surface area contributed by atoms with Gasteiger partial charge in [0.2, 0.25) is 5.95 Å². The number of ether oxygens (including phenoxy) is 4. The Balaban J connectivity index is 1.52. The number of aromatic nitrogens is 2. The van der Waals surface area contributed by atoms with E-state index in [1.165, 1.54) is 0 Å². The fourth-order valence-electron chi connectivity index (χ4n) is 4.46. The molecule has 0 unspecified atom stereocenters. The third kappa shape index (κ3) is 7.85. The van der Waals surface area contributed by atoms with Gasteiger partial charge in [-0.2, -0.15) is 9.97 Å². The molecule has 43 heavy (non-hydrogen) atoms. The van der Waals surface area contributed by atoms with Crippen molar-refractivity contribution in [3.05, 3.63) is 114 Å². The second-order valence-electron chi connectivity index (χ2n) is 9.69. The van der Waals surface area contributed by atoms with Gasteiger partial charge in [0.25, 0.3) is 0 Å². The highest BCUT2D eigenvalue weighted by atomic mass is 16.5. The number of benzene rings is 4. The van der Waals surface area contributed by atoms with Gasteiger partial charge in [0.1, 0.15) is 34.6 Å². The Bertz CT molecular complexity index is 1480. The van der Waals surface area contributed by atoms with E-state index in [1.54, 1.807) is 28.4 Å². The minimum Gasteiger partial charge on any atom is -0.497 e. The van der Waals surface area contributed by atoms with Gasteiger partial charge in [-0.25, -0.2) is 0 Å². The van der Waals surface area contributed by atoms with Crippen LogP contribution in [0, 0.1) is 0 Å². The smallest absolute Gasteiger partial charge is 0.231 e. The molecule has 9 nitrogen and oxygen atoms in total. The van der Waals surface area contributed by atoms with Gasteiger partial charge in [-0.15, -0.1) is 0 Å². The number of nitrogens with zero attached hydrogens (tertiary/aromatic N) is 3. The fourth-order valence-corrected chi connectivity index (χ4v) is 4.46. The number of nitrogens with one attached hydrogen (secondary N) is 2. The van der Waals surface area contributed by atoms with Crippen LogP contribution < -0.4 is 34.5 Å². The lowest BCUT2D eigenvalue weighted by Gasteiger charge is -2.25. The van der Waals surface area contributed by atoms with Gasteiger partial charge in [-0.05, 0) is 83.9 Å². The molecule has 0 saturated carbocycles. The van der Waals surface area contributed by atoms with Crippen molar-refractivity contribution in [2.75, 3.05) is 44.0 Å². The topological polar surface area (TPSA) is 90.0 Å². The zero-order valence-corrected chi connectivity index (χ0v) is 24.7. The second-order valence-corrected chi connectivity index (χ2v) is 9.69. The Kier molecular flexibility index (Phi) is 9.43. The summed E-state index contributed by atoms with van der Waals surface area (Å²) >= 11 is 0. The van der Waals surface area contributed by atoms with E-state index in [0.29, 0.717) is 24.9 Å². The molecule has 5 rings (SSSR count). The van der Waals surface area contributed by atoms with Gasteiger partial charge in [0.05, 0.1) is 28.4 Å². The lowest BCUT2D eigenvalue weighted by molar-refractivity contribution is 0.414. The second kappa shape index (κ2) is 14.0. The maximum absolute atomic E-state index is 5.37. The highest BCUT2D eigenvalue weighted by Gasteiger charge is 2.15. The van der Waals surface area contributed by atoms with E-state index in [9.17, 15) is 0 Å². The molecule has 1 aromatic heterocycles. The molecular formula is C34H35N5O4. The predicted molar refractivity (Wildman–Crippen MR) is 170 cm³/mol. The molecule has 1 heterocycles. The Morgan fingerprint density at radius 3 is 1.33 bits per heavy atom. The molecule has 0 amide bonds. The maximum atomic E-state index is 5.37. The summed E-state index contributed by atoms with van der Waals surface area (Å²) in [5, 5.41) is 6.78. The van der Waals surface area contributed by atoms with E-state index < -0.39 is 0 Å². The molecule has 0 fully saturated rings. The molecule has 4 aromatic carbocycles. The summed E-state index contributed by atoms with van der Waals surface area (Å²) in [4.78, 5) is 12.0. The summed E-state index contributed by atoms with van der Waals surface area (Å²) in [6.07, 6.45) is 0. The van der Waals surface area contributed by atoms with E-state index >= 15 is 0 Å². The monoisotopic (exact) mass is 577 g/mol. The van der Waals surface area contributed by atoms with Crippen LogP contribution in [0.15, 0.2) is 103 Å². The number of methoxy groups -OCH3 is 4. The quantitative estimate of drug-likeness (QED) is 0.151. The molecule has 0 radical (unpaired) electrons. The highest BCUT2D eigenvalue weighted by molar-refractivity contribution is 5.65. The molecule has 0 spiro atoms. The van der Waals surface area contributed by atoms with Gasteiger partial charge >= 0.3 is 0 Å². The summed E-state index contributed by atoms with van der Waals surface area (Å²) in [5.74, 6) is 5.00. The number of hydrogen-bond acceptors (Lipinski definition) is 9. The summed E-state index contributed by atoms with van der Waals surface area (Å²) in [6, 6.07) is 33.4. The predicted octanol–water partition coefficient (Wildman–Crippen LogP) is 7.21. The van der Waals surface area contributed by atoms with Crippen LogP contribution in [0.3, 0.4) is 0 Å². The molecule has 0 aliphatic heterocycles. The van der Waals surface area contributed by atoms with Crippen molar-refractivity contribution < 1.29 is 18.9 Å². The first-order valence-corrected chi connectivity index (χ1v) is 13.8. The van der Waals surface area contributed by atoms with Gasteiger partial charge in [-0.3, -0.25) is 0 Å². The van der Waals surface area contributed by atoms with Gasteiger partial charge in [0.15, 0.2) is 0 Å². The average molecular weight is 578 g/mol. The Labute approximate surface area is 252 Å². The summed E-state index contributed by atoms with van der Waals surface area (Å²) in [6.45, 7) is 1.22.